The minimum absolute atomic E-state index is 0.0876. The van der Waals surface area contributed by atoms with Crippen molar-refractivity contribution in [3.05, 3.63) is 45.0 Å². The Hall–Kier alpha value is -1.46. The van der Waals surface area contributed by atoms with E-state index in [4.69, 9.17) is 11.6 Å². The zero-order valence-corrected chi connectivity index (χ0v) is 11.6. The minimum Gasteiger partial charge on any atom is -0.386 e. The molecule has 1 aromatic rings. The molecular formula is C14H16ClNO4. The normalized spacial score (nSPS) is 26.2. The summed E-state index contributed by atoms with van der Waals surface area (Å²) in [5.41, 5.74) is 0.497. The number of ketones is 1. The third-order valence-corrected chi connectivity index (χ3v) is 4.06. The van der Waals surface area contributed by atoms with Gasteiger partial charge in [-0.05, 0) is 37.1 Å². The zero-order valence-electron chi connectivity index (χ0n) is 10.9. The van der Waals surface area contributed by atoms with E-state index in [2.05, 4.69) is 0 Å². The van der Waals surface area contributed by atoms with Crippen LogP contribution in [0.2, 0.25) is 5.02 Å². The van der Waals surface area contributed by atoms with Gasteiger partial charge in [0.2, 0.25) is 6.04 Å². The van der Waals surface area contributed by atoms with E-state index in [-0.39, 0.29) is 12.2 Å². The highest BCUT2D eigenvalue weighted by Gasteiger charge is 2.41. The quantitative estimate of drug-likeness (QED) is 0.526. The predicted octanol–water partition coefficient (Wildman–Crippen LogP) is 2.72. The summed E-state index contributed by atoms with van der Waals surface area (Å²) in [6, 6.07) is 5.43. The molecule has 0 heterocycles. The van der Waals surface area contributed by atoms with E-state index in [1.807, 2.05) is 0 Å². The first-order valence-corrected chi connectivity index (χ1v) is 6.97. The number of Topliss-reactive ketones (excluding diaryl/α,β-unsaturated/α-hetero) is 1. The molecule has 1 fully saturated rings. The number of halogens is 1. The van der Waals surface area contributed by atoms with Crippen molar-refractivity contribution in [2.24, 2.45) is 5.92 Å². The Labute approximate surface area is 121 Å². The predicted molar refractivity (Wildman–Crippen MR) is 74.5 cm³/mol. The summed E-state index contributed by atoms with van der Waals surface area (Å²) in [5, 5.41) is 21.4. The van der Waals surface area contributed by atoms with Gasteiger partial charge >= 0.3 is 0 Å². The summed E-state index contributed by atoms with van der Waals surface area (Å²) < 4.78 is 0. The number of carbonyl (C=O) groups is 1. The van der Waals surface area contributed by atoms with Gasteiger partial charge in [-0.1, -0.05) is 18.0 Å². The lowest BCUT2D eigenvalue weighted by atomic mass is 9.79. The maximum absolute atomic E-state index is 12.2. The lowest BCUT2D eigenvalue weighted by Gasteiger charge is -2.28. The highest BCUT2D eigenvalue weighted by molar-refractivity contribution is 6.30. The molecule has 6 heteroatoms. The summed E-state index contributed by atoms with van der Waals surface area (Å²) in [6.45, 7) is 0. The van der Waals surface area contributed by atoms with Gasteiger partial charge in [0.15, 0.2) is 5.78 Å². The highest BCUT2D eigenvalue weighted by Crippen LogP contribution is 2.30. The van der Waals surface area contributed by atoms with E-state index < -0.39 is 23.0 Å². The molecule has 0 aromatic heterocycles. The van der Waals surface area contributed by atoms with Gasteiger partial charge in [-0.3, -0.25) is 14.9 Å². The Morgan fingerprint density at radius 3 is 2.60 bits per heavy atom. The fourth-order valence-electron chi connectivity index (χ4n) is 2.77. The molecule has 0 radical (unpaired) electrons. The molecule has 5 nitrogen and oxygen atoms in total. The molecule has 0 bridgehead atoms. The van der Waals surface area contributed by atoms with E-state index >= 15 is 0 Å². The van der Waals surface area contributed by atoms with Crippen LogP contribution in [0.4, 0.5) is 0 Å². The summed E-state index contributed by atoms with van der Waals surface area (Å²) in [5.74, 6) is -0.551. The van der Waals surface area contributed by atoms with Crippen molar-refractivity contribution in [2.75, 3.05) is 0 Å². The molecule has 1 N–H and O–H groups in total. The lowest BCUT2D eigenvalue weighted by Crippen LogP contribution is -2.44. The topological polar surface area (TPSA) is 80.4 Å². The molecule has 1 saturated carbocycles. The monoisotopic (exact) mass is 297 g/mol. The Morgan fingerprint density at radius 2 is 2.00 bits per heavy atom. The van der Waals surface area contributed by atoms with Crippen LogP contribution < -0.4 is 0 Å². The third kappa shape index (κ3) is 3.35. The van der Waals surface area contributed by atoms with Crippen molar-refractivity contribution < 1.29 is 14.8 Å². The van der Waals surface area contributed by atoms with Gasteiger partial charge in [0, 0.05) is 27.8 Å². The zero-order chi connectivity index (χ0) is 14.7. The first-order chi connectivity index (χ1) is 9.49. The van der Waals surface area contributed by atoms with Crippen molar-refractivity contribution in [2.45, 2.75) is 37.8 Å². The standard InChI is InChI=1S/C14H16ClNO4/c15-11-6-4-9(5-7-11)13(18)8-10-2-1-3-12(17)14(10)16(19)20/h4-7,10,12,14,17H,1-3,8H2/t10-,12-,14-/m1/s1. The number of benzene rings is 1. The summed E-state index contributed by atoms with van der Waals surface area (Å²) in [6.07, 6.45) is 0.870. The van der Waals surface area contributed by atoms with Crippen LogP contribution in [0.25, 0.3) is 0 Å². The Kier molecular flexibility index (Phi) is 4.73. The Bertz CT molecular complexity index is 502. The molecule has 0 unspecified atom stereocenters. The van der Waals surface area contributed by atoms with E-state index in [1.54, 1.807) is 24.3 Å². The Morgan fingerprint density at radius 1 is 1.35 bits per heavy atom. The van der Waals surface area contributed by atoms with Crippen LogP contribution in [0.15, 0.2) is 24.3 Å². The average Bonchev–Trinajstić information content (AvgIpc) is 2.39. The van der Waals surface area contributed by atoms with E-state index in [9.17, 15) is 20.0 Å². The van der Waals surface area contributed by atoms with Crippen LogP contribution in [0.3, 0.4) is 0 Å². The van der Waals surface area contributed by atoms with Crippen LogP contribution in [-0.2, 0) is 0 Å². The van der Waals surface area contributed by atoms with Gasteiger partial charge in [-0.15, -0.1) is 0 Å². The van der Waals surface area contributed by atoms with Crippen molar-refractivity contribution in [1.82, 2.24) is 0 Å². The lowest BCUT2D eigenvalue weighted by molar-refractivity contribution is -0.547. The second-order valence-electron chi connectivity index (χ2n) is 5.17. The molecule has 20 heavy (non-hydrogen) atoms. The van der Waals surface area contributed by atoms with Gasteiger partial charge in [-0.25, -0.2) is 0 Å². The molecule has 1 aliphatic rings. The Balaban J connectivity index is 2.09. The average molecular weight is 298 g/mol. The SMILES string of the molecule is O=C(C[C@H]1CCC[C@@H](O)[C@@H]1[N+](=O)[O-])c1ccc(Cl)cc1. The molecule has 108 valence electrons. The molecule has 0 saturated heterocycles. The van der Waals surface area contributed by atoms with E-state index in [0.717, 1.165) is 0 Å². The van der Waals surface area contributed by atoms with Crippen LogP contribution >= 0.6 is 11.6 Å². The number of hydrogen-bond acceptors (Lipinski definition) is 4. The van der Waals surface area contributed by atoms with Gasteiger partial charge in [0.25, 0.3) is 0 Å². The van der Waals surface area contributed by atoms with Crippen molar-refractivity contribution >= 4 is 17.4 Å². The second kappa shape index (κ2) is 6.33. The van der Waals surface area contributed by atoms with Crippen molar-refractivity contribution in [3.8, 4) is 0 Å². The first kappa shape index (κ1) is 14.9. The molecule has 1 aromatic carbocycles. The molecule has 0 spiro atoms. The van der Waals surface area contributed by atoms with Gasteiger partial charge in [0.1, 0.15) is 6.10 Å². The summed E-state index contributed by atoms with van der Waals surface area (Å²) >= 11 is 5.76. The molecule has 0 amide bonds. The largest absolute Gasteiger partial charge is 0.386 e. The number of nitrogens with zero attached hydrogens (tertiary/aromatic N) is 1. The number of aliphatic hydroxyl groups is 1. The molecule has 2 rings (SSSR count). The van der Waals surface area contributed by atoms with Gasteiger partial charge in [0.05, 0.1) is 0 Å². The number of hydrogen-bond donors (Lipinski definition) is 1. The van der Waals surface area contributed by atoms with Crippen LogP contribution in [0, 0.1) is 16.0 Å². The first-order valence-electron chi connectivity index (χ1n) is 6.59. The van der Waals surface area contributed by atoms with Gasteiger partial charge in [-0.2, -0.15) is 0 Å². The minimum atomic E-state index is -1.04. The molecule has 3 atom stereocenters. The van der Waals surface area contributed by atoms with Gasteiger partial charge < -0.3 is 5.11 Å². The maximum Gasteiger partial charge on any atom is 0.241 e. The molecule has 0 aliphatic heterocycles. The highest BCUT2D eigenvalue weighted by atomic mass is 35.5. The maximum atomic E-state index is 12.2. The molecular weight excluding hydrogens is 282 g/mol. The van der Waals surface area contributed by atoms with Crippen LogP contribution in [0.1, 0.15) is 36.0 Å². The number of rotatable bonds is 4. The summed E-state index contributed by atoms with van der Waals surface area (Å²) in [7, 11) is 0. The number of carbonyl (C=O) groups excluding carboxylic acids is 1. The smallest absolute Gasteiger partial charge is 0.241 e. The van der Waals surface area contributed by atoms with Crippen molar-refractivity contribution in [3.63, 3.8) is 0 Å². The molecule has 1 aliphatic carbocycles. The summed E-state index contributed by atoms with van der Waals surface area (Å²) in [4.78, 5) is 22.8. The fourth-order valence-corrected chi connectivity index (χ4v) is 2.90. The number of aliphatic hydroxyl groups excluding tert-OH is 1. The fraction of sp³-hybridized carbons (Fsp3) is 0.500. The third-order valence-electron chi connectivity index (χ3n) is 3.81. The number of nitro groups is 1. The van der Waals surface area contributed by atoms with E-state index in [0.29, 0.717) is 29.8 Å². The van der Waals surface area contributed by atoms with E-state index in [1.165, 1.54) is 0 Å². The van der Waals surface area contributed by atoms with Crippen LogP contribution in [0.5, 0.6) is 0 Å². The van der Waals surface area contributed by atoms with Crippen LogP contribution in [-0.4, -0.2) is 28.0 Å². The van der Waals surface area contributed by atoms with Crippen molar-refractivity contribution in [1.29, 1.82) is 0 Å². The second-order valence-corrected chi connectivity index (χ2v) is 5.60.